The Kier molecular flexibility index (Phi) is 7.31. The standard InChI is InChI=1S/C16H13.C10H15.2ClH.Hf/c1-12-15-10-6-5-9-14(15)11-16(12)13-7-3-2-4-8-13;1-7-6-10(4,5)9(3)8(7)2;;;/h2-11H,1H3;1-5H3;2*1H;. The molecule has 1 unspecified atom stereocenters. The molecule has 0 nitrogen and oxygen atoms in total. The molecule has 0 amide bonds. The van der Waals surface area contributed by atoms with Crippen molar-refractivity contribution in [3.63, 3.8) is 0 Å². The van der Waals surface area contributed by atoms with Crippen LogP contribution in [0.15, 0.2) is 74.6 Å². The van der Waals surface area contributed by atoms with Crippen molar-refractivity contribution in [3.05, 3.63) is 91.3 Å². The first kappa shape index (κ1) is 24.4. The molecule has 0 heterocycles. The van der Waals surface area contributed by atoms with Crippen LogP contribution in [0, 0.1) is 5.41 Å². The second-order valence-electron chi connectivity index (χ2n) is 8.64. The van der Waals surface area contributed by atoms with Gasteiger partial charge in [0.2, 0.25) is 0 Å². The van der Waals surface area contributed by atoms with Gasteiger partial charge >= 0.3 is 176 Å². The summed E-state index contributed by atoms with van der Waals surface area (Å²) >= 11 is -1.24. The molecule has 1 atom stereocenters. The fourth-order valence-corrected chi connectivity index (χ4v) is 12.2. The maximum atomic E-state index is 2.53. The van der Waals surface area contributed by atoms with Crippen molar-refractivity contribution in [2.24, 2.45) is 5.41 Å². The third-order valence-corrected chi connectivity index (χ3v) is 15.1. The Labute approximate surface area is 199 Å². The van der Waals surface area contributed by atoms with Crippen molar-refractivity contribution in [2.75, 3.05) is 0 Å². The minimum atomic E-state index is -1.24. The van der Waals surface area contributed by atoms with Crippen molar-refractivity contribution in [1.82, 2.24) is 0 Å². The second-order valence-corrected chi connectivity index (χ2v) is 14.9. The van der Waals surface area contributed by atoms with Crippen LogP contribution < -0.4 is 0 Å². The molecule has 0 aliphatic heterocycles. The molecule has 3 heteroatoms. The van der Waals surface area contributed by atoms with Gasteiger partial charge in [-0.3, -0.25) is 0 Å². The average molecular weight is 592 g/mol. The molecule has 0 N–H and O–H groups in total. The number of hydrogen-bond donors (Lipinski definition) is 0. The Morgan fingerprint density at radius 1 is 0.724 bits per heavy atom. The number of hydrogen-bond acceptors (Lipinski definition) is 0. The van der Waals surface area contributed by atoms with Crippen molar-refractivity contribution in [3.8, 4) is 0 Å². The van der Waals surface area contributed by atoms with E-state index in [1.54, 1.807) is 20.0 Å². The Morgan fingerprint density at radius 2 is 1.31 bits per heavy atom. The smallest absolute Gasteiger partial charge is 0.147 e. The largest absolute Gasteiger partial charge is 0.147 e. The van der Waals surface area contributed by atoms with Crippen LogP contribution in [0.5, 0.6) is 0 Å². The molecule has 2 aliphatic carbocycles. The first-order valence-electron chi connectivity index (χ1n) is 9.82. The topological polar surface area (TPSA) is 0 Å². The minimum absolute atomic E-state index is 0. The van der Waals surface area contributed by atoms with Crippen molar-refractivity contribution >= 4 is 36.5 Å². The molecule has 2 aromatic rings. The van der Waals surface area contributed by atoms with Crippen LogP contribution >= 0.6 is 24.8 Å². The Bertz CT molecular complexity index is 1010. The molecule has 0 fully saturated rings. The summed E-state index contributed by atoms with van der Waals surface area (Å²) in [5.41, 5.74) is 10.8. The Morgan fingerprint density at radius 3 is 1.90 bits per heavy atom. The first-order chi connectivity index (χ1) is 12.8. The Balaban J connectivity index is 0.00000150. The van der Waals surface area contributed by atoms with Crippen LogP contribution in [-0.2, 0) is 26.1 Å². The van der Waals surface area contributed by atoms with E-state index in [1.165, 1.54) is 22.3 Å². The molecule has 0 aromatic heterocycles. The summed E-state index contributed by atoms with van der Waals surface area (Å²) in [6, 6.07) is 20.1. The zero-order chi connectivity index (χ0) is 19.4. The molecule has 0 spiro atoms. The van der Waals surface area contributed by atoms with Gasteiger partial charge in [0, 0.05) is 0 Å². The van der Waals surface area contributed by atoms with E-state index in [-0.39, 0.29) is 33.4 Å². The van der Waals surface area contributed by atoms with Crippen LogP contribution in [0.25, 0.3) is 11.6 Å². The van der Waals surface area contributed by atoms with Crippen LogP contribution in [0.1, 0.15) is 58.2 Å². The summed E-state index contributed by atoms with van der Waals surface area (Å²) in [5.74, 6) is 0. The summed E-state index contributed by atoms with van der Waals surface area (Å²) < 4.78 is 1.98. The number of rotatable bonds is 3. The first-order valence-corrected chi connectivity index (χ1v) is 13.4. The van der Waals surface area contributed by atoms with E-state index in [0.29, 0.717) is 0 Å². The maximum Gasteiger partial charge on any atom is -0.147 e. The summed E-state index contributed by atoms with van der Waals surface area (Å²) in [4.78, 5) is 0. The van der Waals surface area contributed by atoms with E-state index in [1.807, 2.05) is 0 Å². The van der Waals surface area contributed by atoms with E-state index in [0.717, 1.165) is 0 Å². The molecule has 0 saturated heterocycles. The van der Waals surface area contributed by atoms with Crippen LogP contribution in [0.3, 0.4) is 0 Å². The third kappa shape index (κ3) is 3.80. The third-order valence-electron chi connectivity index (χ3n) is 6.86. The van der Waals surface area contributed by atoms with E-state index < -0.39 is 22.9 Å². The van der Waals surface area contributed by atoms with E-state index in [2.05, 4.69) is 102 Å². The summed E-state index contributed by atoms with van der Waals surface area (Å²) in [7, 11) is 0. The van der Waals surface area contributed by atoms with E-state index >= 15 is 0 Å². The molecular weight excluding hydrogens is 562 g/mol. The number of halogens is 2. The maximum absolute atomic E-state index is 2.53. The summed E-state index contributed by atoms with van der Waals surface area (Å²) in [6.45, 7) is 14.4. The zero-order valence-corrected chi connectivity index (χ0v) is 23.3. The monoisotopic (exact) mass is 592 g/mol. The van der Waals surface area contributed by atoms with Gasteiger partial charge in [-0.2, -0.15) is 0 Å². The fraction of sp³-hybridized carbons (Fsp3) is 0.308. The van der Waals surface area contributed by atoms with Gasteiger partial charge in [0.05, 0.1) is 0 Å². The summed E-state index contributed by atoms with van der Waals surface area (Å²) in [5, 5.41) is 0. The average Bonchev–Trinajstić information content (AvgIpc) is 3.04. The van der Waals surface area contributed by atoms with E-state index in [9.17, 15) is 0 Å². The molecular formula is C26H30Cl2Hf. The SMILES string of the molecule is CC1=C(C)C(C)(C)[C]([Hf][C]2(C)C(c3ccccc3)=Cc3ccccc32)=C1C.Cl.Cl. The van der Waals surface area contributed by atoms with Gasteiger partial charge in [-0.25, -0.2) is 0 Å². The summed E-state index contributed by atoms with van der Waals surface area (Å²) in [6.07, 6.45) is 2.46. The van der Waals surface area contributed by atoms with Crippen molar-refractivity contribution < 1.29 is 22.9 Å². The van der Waals surface area contributed by atoms with Crippen LogP contribution in [0.4, 0.5) is 0 Å². The molecule has 4 rings (SSSR count). The van der Waals surface area contributed by atoms with Gasteiger partial charge in [0.15, 0.2) is 0 Å². The predicted molar refractivity (Wildman–Crippen MR) is 127 cm³/mol. The minimum Gasteiger partial charge on any atom is -0.147 e. The van der Waals surface area contributed by atoms with Gasteiger partial charge in [-0.05, 0) is 0 Å². The fourth-order valence-electron chi connectivity index (χ4n) is 4.74. The number of fused-ring (bicyclic) bond motifs is 1. The van der Waals surface area contributed by atoms with Crippen LogP contribution in [-0.4, -0.2) is 0 Å². The van der Waals surface area contributed by atoms with Gasteiger partial charge in [0.1, 0.15) is 0 Å². The van der Waals surface area contributed by atoms with Crippen molar-refractivity contribution in [2.45, 2.75) is 44.7 Å². The zero-order valence-electron chi connectivity index (χ0n) is 18.1. The van der Waals surface area contributed by atoms with Gasteiger partial charge in [-0.1, -0.05) is 0 Å². The predicted octanol–water partition coefficient (Wildman–Crippen LogP) is 8.03. The number of benzene rings is 2. The molecule has 29 heavy (non-hydrogen) atoms. The molecule has 152 valence electrons. The second kappa shape index (κ2) is 8.69. The number of allylic oxidation sites excluding steroid dienone is 5. The van der Waals surface area contributed by atoms with Gasteiger partial charge in [-0.15, -0.1) is 24.8 Å². The van der Waals surface area contributed by atoms with Crippen molar-refractivity contribution in [1.29, 1.82) is 0 Å². The van der Waals surface area contributed by atoms with Gasteiger partial charge in [0.25, 0.3) is 0 Å². The molecule has 0 saturated carbocycles. The molecule has 0 bridgehead atoms. The Hall–Kier alpha value is -0.890. The molecule has 2 aromatic carbocycles. The van der Waals surface area contributed by atoms with E-state index in [4.69, 9.17) is 0 Å². The quantitative estimate of drug-likeness (QED) is 0.317. The van der Waals surface area contributed by atoms with Crippen LogP contribution in [0.2, 0.25) is 0 Å². The van der Waals surface area contributed by atoms with Gasteiger partial charge < -0.3 is 0 Å². The molecule has 2 aliphatic rings. The normalized spacial score (nSPS) is 21.9. The molecule has 0 radical (unpaired) electrons.